The lowest BCUT2D eigenvalue weighted by molar-refractivity contribution is 0.210. The molecular weight excluding hydrogens is 205 g/mol. The van der Waals surface area contributed by atoms with E-state index in [1.807, 2.05) is 13.0 Å². The Labute approximate surface area is 96.8 Å². The maximum atomic E-state index is 13.6. The maximum Gasteiger partial charge on any atom is 0.128 e. The van der Waals surface area contributed by atoms with Gasteiger partial charge in [0.15, 0.2) is 0 Å². The molecule has 1 aromatic carbocycles. The van der Waals surface area contributed by atoms with Crippen LogP contribution in [0.3, 0.4) is 0 Å². The van der Waals surface area contributed by atoms with Gasteiger partial charge in [0.25, 0.3) is 0 Å². The minimum Gasteiger partial charge on any atom is -0.383 e. The zero-order valence-corrected chi connectivity index (χ0v) is 10.3. The predicted molar refractivity (Wildman–Crippen MR) is 65.5 cm³/mol. The fourth-order valence-corrected chi connectivity index (χ4v) is 1.81. The van der Waals surface area contributed by atoms with Crippen LogP contribution in [0.2, 0.25) is 0 Å². The van der Waals surface area contributed by atoms with Gasteiger partial charge >= 0.3 is 0 Å². The van der Waals surface area contributed by atoms with Gasteiger partial charge in [-0.2, -0.15) is 0 Å². The zero-order valence-electron chi connectivity index (χ0n) is 10.3. The molecule has 0 saturated carbocycles. The number of hydrogen-bond acceptors (Lipinski definition) is 2. The van der Waals surface area contributed by atoms with Crippen molar-refractivity contribution >= 4 is 5.69 Å². The zero-order chi connectivity index (χ0) is 12.0. The fourth-order valence-electron chi connectivity index (χ4n) is 1.81. The molecule has 0 spiro atoms. The van der Waals surface area contributed by atoms with Gasteiger partial charge in [-0.1, -0.05) is 19.9 Å². The summed E-state index contributed by atoms with van der Waals surface area (Å²) < 4.78 is 18.6. The molecule has 90 valence electrons. The summed E-state index contributed by atoms with van der Waals surface area (Å²) in [5, 5.41) is 3.26. The van der Waals surface area contributed by atoms with Crippen molar-refractivity contribution in [3.8, 4) is 0 Å². The van der Waals surface area contributed by atoms with Crippen molar-refractivity contribution in [2.75, 3.05) is 25.6 Å². The highest BCUT2D eigenvalue weighted by molar-refractivity contribution is 5.58. The Morgan fingerprint density at radius 2 is 2.00 bits per heavy atom. The Kier molecular flexibility index (Phi) is 5.26. The predicted octanol–water partition coefficient (Wildman–Crippen LogP) is 3.01. The van der Waals surface area contributed by atoms with Crippen molar-refractivity contribution in [2.24, 2.45) is 0 Å². The normalized spacial score (nSPS) is 10.5. The summed E-state index contributed by atoms with van der Waals surface area (Å²) in [7, 11) is 1.66. The number of aryl methyl sites for hydroxylation is 1. The van der Waals surface area contributed by atoms with Crippen LogP contribution in [-0.2, 0) is 17.6 Å². The molecule has 0 bridgehead atoms. The molecule has 0 aliphatic rings. The van der Waals surface area contributed by atoms with E-state index in [-0.39, 0.29) is 5.82 Å². The van der Waals surface area contributed by atoms with Crippen LogP contribution < -0.4 is 5.32 Å². The molecule has 0 aromatic heterocycles. The number of ether oxygens (including phenoxy) is 1. The average molecular weight is 225 g/mol. The molecule has 0 aliphatic heterocycles. The van der Waals surface area contributed by atoms with Crippen molar-refractivity contribution < 1.29 is 9.13 Å². The van der Waals surface area contributed by atoms with E-state index in [0.717, 1.165) is 23.2 Å². The van der Waals surface area contributed by atoms with Crippen LogP contribution in [0.1, 0.15) is 25.0 Å². The van der Waals surface area contributed by atoms with Crippen LogP contribution >= 0.6 is 0 Å². The number of rotatable bonds is 6. The van der Waals surface area contributed by atoms with Gasteiger partial charge in [-0.15, -0.1) is 0 Å². The first-order chi connectivity index (χ1) is 7.74. The Morgan fingerprint density at radius 3 is 2.56 bits per heavy atom. The Bertz CT molecular complexity index is 339. The minimum absolute atomic E-state index is 0.125. The van der Waals surface area contributed by atoms with Crippen LogP contribution in [0.4, 0.5) is 10.1 Å². The number of benzene rings is 1. The molecule has 0 fully saturated rings. The van der Waals surface area contributed by atoms with Crippen LogP contribution in [0.15, 0.2) is 12.1 Å². The lowest BCUT2D eigenvalue weighted by Crippen LogP contribution is -2.12. The second kappa shape index (κ2) is 6.48. The number of anilines is 1. The van der Waals surface area contributed by atoms with E-state index in [9.17, 15) is 4.39 Å². The average Bonchev–Trinajstić information content (AvgIpc) is 2.30. The first-order valence-corrected chi connectivity index (χ1v) is 5.77. The number of nitrogens with one attached hydrogen (secondary N) is 1. The Balaban J connectivity index is 2.95. The largest absolute Gasteiger partial charge is 0.383 e. The van der Waals surface area contributed by atoms with Crippen LogP contribution in [0, 0.1) is 5.82 Å². The van der Waals surface area contributed by atoms with Crippen molar-refractivity contribution in [3.63, 3.8) is 0 Å². The van der Waals surface area contributed by atoms with Gasteiger partial charge in [0.05, 0.1) is 6.61 Å². The van der Waals surface area contributed by atoms with Crippen molar-refractivity contribution in [3.05, 3.63) is 29.1 Å². The first kappa shape index (κ1) is 13.0. The fraction of sp³-hybridized carbons (Fsp3) is 0.538. The Morgan fingerprint density at radius 1 is 1.25 bits per heavy atom. The van der Waals surface area contributed by atoms with Crippen molar-refractivity contribution in [1.29, 1.82) is 0 Å². The van der Waals surface area contributed by atoms with Crippen LogP contribution in [0.5, 0.6) is 0 Å². The SMILES string of the molecule is CCc1ccc(F)c(CC)c1NCCOC. The highest BCUT2D eigenvalue weighted by Crippen LogP contribution is 2.25. The van der Waals surface area contributed by atoms with Gasteiger partial charge in [-0.25, -0.2) is 4.39 Å². The highest BCUT2D eigenvalue weighted by atomic mass is 19.1. The third kappa shape index (κ3) is 2.95. The second-order valence-corrected chi connectivity index (χ2v) is 3.69. The topological polar surface area (TPSA) is 21.3 Å². The highest BCUT2D eigenvalue weighted by Gasteiger charge is 2.10. The molecule has 1 N–H and O–H groups in total. The molecule has 1 rings (SSSR count). The van der Waals surface area contributed by atoms with E-state index in [4.69, 9.17) is 4.74 Å². The molecule has 3 heteroatoms. The van der Waals surface area contributed by atoms with E-state index in [0.29, 0.717) is 19.6 Å². The lowest BCUT2D eigenvalue weighted by atomic mass is 10.0. The van der Waals surface area contributed by atoms with Gasteiger partial charge in [-0.05, 0) is 24.5 Å². The number of hydrogen-bond donors (Lipinski definition) is 1. The molecule has 1 aromatic rings. The number of methoxy groups -OCH3 is 1. The van der Waals surface area contributed by atoms with Crippen molar-refractivity contribution in [1.82, 2.24) is 0 Å². The van der Waals surface area contributed by atoms with Gasteiger partial charge < -0.3 is 10.1 Å². The molecule has 2 nitrogen and oxygen atoms in total. The quantitative estimate of drug-likeness (QED) is 0.751. The number of halogens is 1. The molecule has 0 saturated heterocycles. The first-order valence-electron chi connectivity index (χ1n) is 5.77. The van der Waals surface area contributed by atoms with Gasteiger partial charge in [0.1, 0.15) is 5.82 Å². The van der Waals surface area contributed by atoms with E-state index >= 15 is 0 Å². The summed E-state index contributed by atoms with van der Waals surface area (Å²) >= 11 is 0. The van der Waals surface area contributed by atoms with Crippen LogP contribution in [-0.4, -0.2) is 20.3 Å². The smallest absolute Gasteiger partial charge is 0.128 e. The molecule has 0 heterocycles. The third-order valence-electron chi connectivity index (χ3n) is 2.68. The monoisotopic (exact) mass is 225 g/mol. The van der Waals surface area contributed by atoms with Gasteiger partial charge in [0, 0.05) is 24.9 Å². The summed E-state index contributed by atoms with van der Waals surface area (Å²) in [6.07, 6.45) is 1.61. The summed E-state index contributed by atoms with van der Waals surface area (Å²) in [6, 6.07) is 3.41. The van der Waals surface area contributed by atoms with Gasteiger partial charge in [-0.3, -0.25) is 0 Å². The molecule has 0 amide bonds. The standard InChI is InChI=1S/C13H20FNO/c1-4-10-6-7-12(14)11(5-2)13(10)15-8-9-16-3/h6-7,15H,4-5,8-9H2,1-3H3. The van der Waals surface area contributed by atoms with Crippen LogP contribution in [0.25, 0.3) is 0 Å². The van der Waals surface area contributed by atoms with Crippen molar-refractivity contribution in [2.45, 2.75) is 26.7 Å². The van der Waals surface area contributed by atoms with E-state index in [1.165, 1.54) is 0 Å². The molecule has 0 aliphatic carbocycles. The molecule has 0 unspecified atom stereocenters. The molecule has 0 atom stereocenters. The van der Waals surface area contributed by atoms with Gasteiger partial charge in [0.2, 0.25) is 0 Å². The summed E-state index contributed by atoms with van der Waals surface area (Å²) in [6.45, 7) is 5.39. The van der Waals surface area contributed by atoms with E-state index < -0.39 is 0 Å². The minimum atomic E-state index is -0.125. The summed E-state index contributed by atoms with van der Waals surface area (Å²) in [4.78, 5) is 0. The second-order valence-electron chi connectivity index (χ2n) is 3.69. The molecule has 0 radical (unpaired) electrons. The Hall–Kier alpha value is -1.09. The van der Waals surface area contributed by atoms with E-state index in [1.54, 1.807) is 13.2 Å². The van der Waals surface area contributed by atoms with E-state index in [2.05, 4.69) is 12.2 Å². The summed E-state index contributed by atoms with van der Waals surface area (Å²) in [5.41, 5.74) is 2.88. The maximum absolute atomic E-state index is 13.6. The molecule has 16 heavy (non-hydrogen) atoms. The lowest BCUT2D eigenvalue weighted by Gasteiger charge is -2.15. The molecular formula is C13H20FNO. The third-order valence-corrected chi connectivity index (χ3v) is 2.68. The summed E-state index contributed by atoms with van der Waals surface area (Å²) in [5.74, 6) is -0.125.